The van der Waals surface area contributed by atoms with E-state index in [9.17, 15) is 4.39 Å². The van der Waals surface area contributed by atoms with Crippen LogP contribution in [0.1, 0.15) is 11.1 Å². The fraction of sp³-hybridized carbons (Fsp3) is 0.0833. The minimum atomic E-state index is -0.547. The third kappa shape index (κ3) is 2.78. The second-order valence-corrected chi connectivity index (χ2v) is 4.33. The molecule has 0 unspecified atom stereocenters. The molecule has 4 nitrogen and oxygen atoms in total. The lowest BCUT2D eigenvalue weighted by atomic mass is 10.2. The molecule has 2 rings (SSSR count). The second-order valence-electron chi connectivity index (χ2n) is 3.55. The molecular weight excluding hydrogens is 255 g/mol. The largest absolute Gasteiger partial charge is 0.486 e. The van der Waals surface area contributed by atoms with E-state index in [0.717, 1.165) is 11.6 Å². The first kappa shape index (κ1) is 12.4. The van der Waals surface area contributed by atoms with Gasteiger partial charge in [-0.3, -0.25) is 0 Å². The number of halogens is 1. The summed E-state index contributed by atoms with van der Waals surface area (Å²) in [5.41, 5.74) is 6.65. The zero-order valence-electron chi connectivity index (χ0n) is 9.34. The van der Waals surface area contributed by atoms with Crippen LogP contribution in [0.15, 0.2) is 40.2 Å². The molecule has 0 saturated heterocycles. The number of hydrogen-bond acceptors (Lipinski definition) is 4. The Morgan fingerprint density at radius 1 is 1.44 bits per heavy atom. The highest BCUT2D eigenvalue weighted by Crippen LogP contribution is 2.20. The molecule has 6 heteroatoms. The van der Waals surface area contributed by atoms with Crippen LogP contribution in [-0.4, -0.2) is 11.0 Å². The predicted molar refractivity (Wildman–Crippen MR) is 67.6 cm³/mol. The number of nitrogens with zero attached hydrogens (tertiary/aromatic N) is 1. The van der Waals surface area contributed by atoms with Crippen LogP contribution >= 0.6 is 11.3 Å². The molecule has 18 heavy (non-hydrogen) atoms. The quantitative estimate of drug-likeness (QED) is 0.387. The van der Waals surface area contributed by atoms with Gasteiger partial charge in [-0.2, -0.15) is 11.3 Å². The van der Waals surface area contributed by atoms with E-state index in [1.807, 2.05) is 16.8 Å². The summed E-state index contributed by atoms with van der Waals surface area (Å²) >= 11 is 1.55. The van der Waals surface area contributed by atoms with Crippen molar-refractivity contribution in [3.63, 3.8) is 0 Å². The molecule has 0 saturated carbocycles. The number of hydrogen-bond donors (Lipinski definition) is 2. The molecule has 0 spiro atoms. The van der Waals surface area contributed by atoms with Gasteiger partial charge in [0.25, 0.3) is 0 Å². The van der Waals surface area contributed by atoms with Crippen LogP contribution in [0.3, 0.4) is 0 Å². The van der Waals surface area contributed by atoms with E-state index >= 15 is 0 Å². The lowest BCUT2D eigenvalue weighted by molar-refractivity contribution is 0.290. The Kier molecular flexibility index (Phi) is 3.78. The first-order valence-electron chi connectivity index (χ1n) is 5.12. The molecule has 1 aromatic heterocycles. The van der Waals surface area contributed by atoms with Crippen LogP contribution in [0.25, 0.3) is 0 Å². The summed E-state index contributed by atoms with van der Waals surface area (Å²) in [6.07, 6.45) is 0. The third-order valence-electron chi connectivity index (χ3n) is 2.31. The van der Waals surface area contributed by atoms with Gasteiger partial charge in [0.2, 0.25) is 0 Å². The van der Waals surface area contributed by atoms with Crippen LogP contribution < -0.4 is 10.5 Å². The highest BCUT2D eigenvalue weighted by molar-refractivity contribution is 7.07. The van der Waals surface area contributed by atoms with Crippen molar-refractivity contribution in [2.75, 3.05) is 0 Å². The summed E-state index contributed by atoms with van der Waals surface area (Å²) < 4.78 is 19.0. The van der Waals surface area contributed by atoms with E-state index in [1.165, 1.54) is 12.1 Å². The Labute approximate surface area is 107 Å². The summed E-state index contributed by atoms with van der Waals surface area (Å²) in [6, 6.07) is 6.06. The van der Waals surface area contributed by atoms with E-state index < -0.39 is 5.82 Å². The number of nitrogens with two attached hydrogens (primary N) is 1. The Hall–Kier alpha value is -2.08. The van der Waals surface area contributed by atoms with Gasteiger partial charge in [-0.05, 0) is 40.6 Å². The highest BCUT2D eigenvalue weighted by atomic mass is 32.1. The van der Waals surface area contributed by atoms with Crippen LogP contribution in [0.4, 0.5) is 4.39 Å². The maximum Gasteiger partial charge on any atom is 0.170 e. The molecule has 0 atom stereocenters. The third-order valence-corrected chi connectivity index (χ3v) is 3.04. The van der Waals surface area contributed by atoms with Crippen LogP contribution in [0, 0.1) is 5.82 Å². The number of thiophene rings is 1. The molecule has 1 heterocycles. The number of ether oxygens (including phenoxy) is 1. The molecule has 0 bridgehead atoms. The fourth-order valence-electron chi connectivity index (χ4n) is 1.37. The molecule has 0 aliphatic heterocycles. The van der Waals surface area contributed by atoms with E-state index in [0.29, 0.717) is 12.2 Å². The van der Waals surface area contributed by atoms with Gasteiger partial charge in [-0.1, -0.05) is 5.16 Å². The van der Waals surface area contributed by atoms with E-state index in [1.54, 1.807) is 11.3 Å². The van der Waals surface area contributed by atoms with E-state index in [-0.39, 0.29) is 11.6 Å². The Morgan fingerprint density at radius 2 is 2.28 bits per heavy atom. The van der Waals surface area contributed by atoms with Gasteiger partial charge in [-0.25, -0.2) is 4.39 Å². The van der Waals surface area contributed by atoms with Crippen molar-refractivity contribution < 1.29 is 14.3 Å². The van der Waals surface area contributed by atoms with E-state index in [4.69, 9.17) is 15.7 Å². The maximum atomic E-state index is 13.7. The predicted octanol–water partition coefficient (Wildman–Crippen LogP) is 2.56. The lowest BCUT2D eigenvalue weighted by Gasteiger charge is -2.07. The SMILES string of the molecule is N/C(=N/O)c1ccc(OCc2ccsc2)c(F)c1. The van der Waals surface area contributed by atoms with Crippen LogP contribution in [0.5, 0.6) is 5.75 Å². The summed E-state index contributed by atoms with van der Waals surface area (Å²) in [6.45, 7) is 0.309. The van der Waals surface area contributed by atoms with Crippen molar-refractivity contribution in [3.05, 3.63) is 52.0 Å². The van der Waals surface area contributed by atoms with Gasteiger partial charge in [-0.15, -0.1) is 0 Å². The second kappa shape index (κ2) is 5.50. The monoisotopic (exact) mass is 266 g/mol. The molecule has 94 valence electrons. The first-order chi connectivity index (χ1) is 8.70. The van der Waals surface area contributed by atoms with Crippen molar-refractivity contribution in [2.24, 2.45) is 10.9 Å². The minimum absolute atomic E-state index is 0.135. The zero-order chi connectivity index (χ0) is 13.0. The Morgan fingerprint density at radius 3 is 2.89 bits per heavy atom. The average molecular weight is 266 g/mol. The first-order valence-corrected chi connectivity index (χ1v) is 6.06. The molecule has 0 amide bonds. The van der Waals surface area contributed by atoms with Gasteiger partial charge >= 0.3 is 0 Å². The number of amidine groups is 1. The summed E-state index contributed by atoms with van der Waals surface area (Å²) in [7, 11) is 0. The van der Waals surface area contributed by atoms with Crippen molar-refractivity contribution in [1.82, 2.24) is 0 Å². The van der Waals surface area contributed by atoms with Crippen molar-refractivity contribution in [1.29, 1.82) is 0 Å². The number of rotatable bonds is 4. The van der Waals surface area contributed by atoms with Gasteiger partial charge in [0.1, 0.15) is 6.61 Å². The van der Waals surface area contributed by atoms with Crippen molar-refractivity contribution >= 4 is 17.2 Å². The Bertz CT molecular complexity index is 555. The van der Waals surface area contributed by atoms with Gasteiger partial charge < -0.3 is 15.7 Å². The summed E-state index contributed by atoms with van der Waals surface area (Å²) in [4.78, 5) is 0. The highest BCUT2D eigenvalue weighted by Gasteiger charge is 2.07. The molecule has 1 aromatic carbocycles. The number of benzene rings is 1. The van der Waals surface area contributed by atoms with Crippen LogP contribution in [-0.2, 0) is 6.61 Å². The standard InChI is InChI=1S/C12H11FN2O2S/c13-10-5-9(12(14)15-16)1-2-11(10)17-6-8-3-4-18-7-8/h1-5,7,16H,6H2,(H2,14,15). The smallest absolute Gasteiger partial charge is 0.170 e. The van der Waals surface area contributed by atoms with Crippen molar-refractivity contribution in [3.8, 4) is 5.75 Å². The Balaban J connectivity index is 2.10. The molecular formula is C12H11FN2O2S. The zero-order valence-corrected chi connectivity index (χ0v) is 10.2. The maximum absolute atomic E-state index is 13.7. The number of oxime groups is 1. The minimum Gasteiger partial charge on any atom is -0.486 e. The van der Waals surface area contributed by atoms with Crippen molar-refractivity contribution in [2.45, 2.75) is 6.61 Å². The molecule has 2 aromatic rings. The summed E-state index contributed by atoms with van der Waals surface area (Å²) in [5.74, 6) is -0.552. The molecule has 0 aliphatic rings. The normalized spacial score (nSPS) is 11.5. The topological polar surface area (TPSA) is 67.8 Å². The van der Waals surface area contributed by atoms with Crippen LogP contribution in [0.2, 0.25) is 0 Å². The molecule has 0 aliphatic carbocycles. The summed E-state index contributed by atoms with van der Waals surface area (Å²) in [5, 5.41) is 15.2. The van der Waals surface area contributed by atoms with E-state index in [2.05, 4.69) is 5.16 Å². The molecule has 0 fully saturated rings. The van der Waals surface area contributed by atoms with Gasteiger partial charge in [0.15, 0.2) is 17.4 Å². The lowest BCUT2D eigenvalue weighted by Crippen LogP contribution is -2.13. The molecule has 0 radical (unpaired) electrons. The average Bonchev–Trinajstić information content (AvgIpc) is 2.89. The fourth-order valence-corrected chi connectivity index (χ4v) is 2.02. The van der Waals surface area contributed by atoms with Gasteiger partial charge in [0, 0.05) is 5.56 Å². The molecule has 3 N–H and O–H groups in total. The van der Waals surface area contributed by atoms with Gasteiger partial charge in [0.05, 0.1) is 0 Å².